The average Bonchev–Trinajstić information content (AvgIpc) is 2.55. The predicted molar refractivity (Wildman–Crippen MR) is 47.9 cm³/mol. The third kappa shape index (κ3) is 3.22. The highest BCUT2D eigenvalue weighted by Gasteiger charge is 2.38. The molecule has 1 heterocycles. The van der Waals surface area contributed by atoms with Crippen molar-refractivity contribution in [1.29, 1.82) is 0 Å². The van der Waals surface area contributed by atoms with Gasteiger partial charge < -0.3 is 10.7 Å². The summed E-state index contributed by atoms with van der Waals surface area (Å²) in [4.78, 5) is 6.52. The highest BCUT2D eigenvalue weighted by Crippen LogP contribution is 2.29. The monoisotopic (exact) mass is 225 g/mol. The van der Waals surface area contributed by atoms with E-state index in [0.29, 0.717) is 5.16 Å². The number of nitrogens with two attached hydrogens (primary N) is 1. The molecule has 0 amide bonds. The Morgan fingerprint density at radius 2 is 2.29 bits per heavy atom. The predicted octanol–water partition coefficient (Wildman–Crippen LogP) is 1.64. The van der Waals surface area contributed by atoms with Gasteiger partial charge in [-0.25, -0.2) is 4.98 Å². The van der Waals surface area contributed by atoms with E-state index in [4.69, 9.17) is 5.73 Å². The molecule has 14 heavy (non-hydrogen) atoms. The van der Waals surface area contributed by atoms with Crippen LogP contribution in [0.5, 0.6) is 0 Å². The normalized spacial score (nSPS) is 14.3. The van der Waals surface area contributed by atoms with Crippen molar-refractivity contribution in [2.45, 2.75) is 11.3 Å². The number of imidazole rings is 1. The van der Waals surface area contributed by atoms with E-state index in [2.05, 4.69) is 9.97 Å². The molecule has 1 aromatic heterocycles. The molecular formula is C7H10F3N3S. The summed E-state index contributed by atoms with van der Waals surface area (Å²) in [7, 11) is 0. The molecule has 3 N–H and O–H groups in total. The fourth-order valence-electron chi connectivity index (χ4n) is 0.805. The minimum absolute atomic E-state index is 0.104. The Morgan fingerprint density at radius 1 is 1.57 bits per heavy atom. The Bertz CT molecular complexity index is 260. The number of thioether (sulfide) groups is 1. The molecule has 0 fully saturated rings. The van der Waals surface area contributed by atoms with Gasteiger partial charge in [-0.15, -0.1) is 0 Å². The zero-order chi connectivity index (χ0) is 10.6. The van der Waals surface area contributed by atoms with Crippen LogP contribution in [-0.4, -0.2) is 28.4 Å². The first kappa shape index (κ1) is 11.4. The van der Waals surface area contributed by atoms with Gasteiger partial charge in [0.15, 0.2) is 5.16 Å². The summed E-state index contributed by atoms with van der Waals surface area (Å²) in [6.45, 7) is -0.392. The lowest BCUT2D eigenvalue weighted by Crippen LogP contribution is -2.32. The molecule has 0 aromatic carbocycles. The van der Waals surface area contributed by atoms with Gasteiger partial charge in [0.25, 0.3) is 0 Å². The van der Waals surface area contributed by atoms with Crippen LogP contribution in [0.3, 0.4) is 0 Å². The fraction of sp³-hybridized carbons (Fsp3) is 0.571. The second kappa shape index (κ2) is 4.70. The van der Waals surface area contributed by atoms with Gasteiger partial charge in [-0.2, -0.15) is 13.2 Å². The van der Waals surface area contributed by atoms with Gasteiger partial charge in [0.05, 0.1) is 5.92 Å². The van der Waals surface area contributed by atoms with Crippen LogP contribution in [0, 0.1) is 5.92 Å². The highest BCUT2D eigenvalue weighted by molar-refractivity contribution is 7.99. The lowest BCUT2D eigenvalue weighted by molar-refractivity contribution is -0.165. The topological polar surface area (TPSA) is 54.7 Å². The van der Waals surface area contributed by atoms with Crippen molar-refractivity contribution in [2.75, 3.05) is 12.3 Å². The molecule has 0 bridgehead atoms. The summed E-state index contributed by atoms with van der Waals surface area (Å²) in [6, 6.07) is 0. The minimum Gasteiger partial charge on any atom is -0.340 e. The number of nitrogens with zero attached hydrogens (tertiary/aromatic N) is 1. The summed E-state index contributed by atoms with van der Waals surface area (Å²) in [6.07, 6.45) is -1.17. The SMILES string of the molecule is NCC(CSc1ncc[nH]1)C(F)(F)F. The maximum atomic E-state index is 12.2. The van der Waals surface area contributed by atoms with Crippen molar-refractivity contribution < 1.29 is 13.2 Å². The van der Waals surface area contributed by atoms with Crippen LogP contribution in [0.2, 0.25) is 0 Å². The number of nitrogens with one attached hydrogen (secondary N) is 1. The number of hydrogen-bond donors (Lipinski definition) is 2. The number of hydrogen-bond acceptors (Lipinski definition) is 3. The van der Waals surface area contributed by atoms with E-state index < -0.39 is 18.6 Å². The van der Waals surface area contributed by atoms with E-state index in [1.54, 1.807) is 6.20 Å². The van der Waals surface area contributed by atoms with E-state index in [0.717, 1.165) is 11.8 Å². The standard InChI is InChI=1S/C7H10F3N3S/c8-7(9,10)5(3-11)4-14-6-12-1-2-13-6/h1-2,5H,3-4,11H2,(H,12,13). The van der Waals surface area contributed by atoms with Gasteiger partial charge in [-0.05, 0) is 0 Å². The molecule has 80 valence electrons. The summed E-state index contributed by atoms with van der Waals surface area (Å²) >= 11 is 1.02. The molecule has 0 aliphatic heterocycles. The number of aromatic nitrogens is 2. The zero-order valence-electron chi connectivity index (χ0n) is 7.21. The first-order chi connectivity index (χ1) is 6.54. The van der Waals surface area contributed by atoms with E-state index in [-0.39, 0.29) is 5.75 Å². The van der Waals surface area contributed by atoms with Crippen LogP contribution < -0.4 is 5.73 Å². The average molecular weight is 225 g/mol. The van der Waals surface area contributed by atoms with Crippen LogP contribution in [0.25, 0.3) is 0 Å². The van der Waals surface area contributed by atoms with Gasteiger partial charge >= 0.3 is 6.18 Å². The lowest BCUT2D eigenvalue weighted by atomic mass is 10.2. The van der Waals surface area contributed by atoms with E-state index in [9.17, 15) is 13.2 Å². The molecule has 1 aromatic rings. The van der Waals surface area contributed by atoms with Crippen molar-refractivity contribution in [1.82, 2.24) is 9.97 Å². The van der Waals surface area contributed by atoms with Gasteiger partial charge in [-0.3, -0.25) is 0 Å². The molecule has 1 rings (SSSR count). The summed E-state index contributed by atoms with van der Waals surface area (Å²) in [5.74, 6) is -1.58. The molecule has 0 spiro atoms. The smallest absolute Gasteiger partial charge is 0.340 e. The third-order valence-corrected chi connectivity index (χ3v) is 2.71. The summed E-state index contributed by atoms with van der Waals surface area (Å²) in [5, 5.41) is 0.479. The molecule has 7 heteroatoms. The van der Waals surface area contributed by atoms with E-state index >= 15 is 0 Å². The number of H-pyrrole nitrogens is 1. The summed E-state index contributed by atoms with van der Waals surface area (Å²) < 4.78 is 36.7. The first-order valence-electron chi connectivity index (χ1n) is 3.93. The molecule has 0 saturated carbocycles. The molecule has 3 nitrogen and oxygen atoms in total. The van der Waals surface area contributed by atoms with Gasteiger partial charge in [0, 0.05) is 24.7 Å². The maximum absolute atomic E-state index is 12.2. The largest absolute Gasteiger partial charge is 0.393 e. The Balaban J connectivity index is 2.43. The van der Waals surface area contributed by atoms with Crippen molar-refractivity contribution in [3.8, 4) is 0 Å². The second-order valence-electron chi connectivity index (χ2n) is 2.68. The van der Waals surface area contributed by atoms with Crippen LogP contribution in [0.15, 0.2) is 17.6 Å². The van der Waals surface area contributed by atoms with Crippen LogP contribution in [0.1, 0.15) is 0 Å². The van der Waals surface area contributed by atoms with E-state index in [1.165, 1.54) is 6.20 Å². The van der Waals surface area contributed by atoms with Gasteiger partial charge in [-0.1, -0.05) is 11.8 Å². The fourth-order valence-corrected chi connectivity index (χ4v) is 1.78. The van der Waals surface area contributed by atoms with Crippen molar-refractivity contribution in [2.24, 2.45) is 11.7 Å². The molecule has 0 radical (unpaired) electrons. The van der Waals surface area contributed by atoms with Gasteiger partial charge in [0.2, 0.25) is 0 Å². The van der Waals surface area contributed by atoms with E-state index in [1.807, 2.05) is 0 Å². The number of aromatic amines is 1. The minimum atomic E-state index is -4.23. The number of alkyl halides is 3. The Morgan fingerprint density at radius 3 is 2.71 bits per heavy atom. The van der Waals surface area contributed by atoms with Crippen molar-refractivity contribution >= 4 is 11.8 Å². The quantitative estimate of drug-likeness (QED) is 0.766. The molecule has 1 atom stereocenters. The van der Waals surface area contributed by atoms with Gasteiger partial charge in [0.1, 0.15) is 0 Å². The van der Waals surface area contributed by atoms with Crippen LogP contribution >= 0.6 is 11.8 Å². The Labute approximate surface area is 83.3 Å². The second-order valence-corrected chi connectivity index (χ2v) is 3.69. The molecule has 0 aliphatic rings. The molecule has 1 unspecified atom stereocenters. The molecule has 0 saturated heterocycles. The Kier molecular flexibility index (Phi) is 3.82. The maximum Gasteiger partial charge on any atom is 0.393 e. The summed E-state index contributed by atoms with van der Waals surface area (Å²) in [5.41, 5.74) is 5.03. The third-order valence-electron chi connectivity index (χ3n) is 1.64. The Hall–Kier alpha value is -0.690. The van der Waals surface area contributed by atoms with Crippen LogP contribution in [0.4, 0.5) is 13.2 Å². The first-order valence-corrected chi connectivity index (χ1v) is 4.91. The van der Waals surface area contributed by atoms with Crippen LogP contribution in [-0.2, 0) is 0 Å². The molecule has 0 aliphatic carbocycles. The van der Waals surface area contributed by atoms with Crippen molar-refractivity contribution in [3.63, 3.8) is 0 Å². The number of rotatable bonds is 4. The molecular weight excluding hydrogens is 215 g/mol. The highest BCUT2D eigenvalue weighted by atomic mass is 32.2. The number of halogens is 3. The zero-order valence-corrected chi connectivity index (χ0v) is 8.03. The lowest BCUT2D eigenvalue weighted by Gasteiger charge is -2.16. The van der Waals surface area contributed by atoms with Crippen molar-refractivity contribution in [3.05, 3.63) is 12.4 Å².